The number of hydrogen-bond donors (Lipinski definition) is 2. The number of hydrogen-bond acceptors (Lipinski definition) is 4. The SMILES string of the molecule is COc1ccc(-c2ccc3c(c2)c(NC(=O)[C@@H]2CCCN(C(=O)O)C2)nn3C(c2ccccc2)(c2ccccc2)c2ccccc2)c(C(F)(F)F)c1. The number of fused-ring (bicyclic) bond motifs is 1. The number of methoxy groups -OCH3 is 1. The number of aromatic nitrogens is 2. The van der Waals surface area contributed by atoms with E-state index >= 15 is 0 Å². The molecule has 52 heavy (non-hydrogen) atoms. The lowest BCUT2D eigenvalue weighted by Crippen LogP contribution is -2.43. The smallest absolute Gasteiger partial charge is 0.417 e. The second kappa shape index (κ2) is 13.9. The number of ether oxygens (including phenoxy) is 1. The first-order valence-electron chi connectivity index (χ1n) is 16.9. The highest BCUT2D eigenvalue weighted by Crippen LogP contribution is 2.45. The van der Waals surface area contributed by atoms with Crippen LogP contribution in [-0.2, 0) is 16.5 Å². The van der Waals surface area contributed by atoms with Crippen LogP contribution in [0.5, 0.6) is 5.75 Å². The Kier molecular flexibility index (Phi) is 9.18. The van der Waals surface area contributed by atoms with Crippen molar-refractivity contribution in [2.24, 2.45) is 5.92 Å². The van der Waals surface area contributed by atoms with Gasteiger partial charge in [-0.25, -0.2) is 9.48 Å². The Balaban J connectivity index is 1.50. The van der Waals surface area contributed by atoms with Gasteiger partial charge in [0.2, 0.25) is 5.91 Å². The van der Waals surface area contributed by atoms with Gasteiger partial charge in [-0.2, -0.15) is 18.3 Å². The molecule has 0 saturated carbocycles. The molecule has 6 aromatic rings. The second-order valence-corrected chi connectivity index (χ2v) is 12.8. The van der Waals surface area contributed by atoms with E-state index in [-0.39, 0.29) is 29.2 Å². The molecule has 11 heteroatoms. The third-order valence-electron chi connectivity index (χ3n) is 9.72. The number of carboxylic acid groups (broad SMARTS) is 1. The molecule has 264 valence electrons. The molecule has 0 radical (unpaired) electrons. The minimum Gasteiger partial charge on any atom is -0.497 e. The monoisotopic (exact) mass is 704 g/mol. The van der Waals surface area contributed by atoms with Crippen LogP contribution in [0.4, 0.5) is 23.8 Å². The molecular formula is C41H35F3N4O4. The summed E-state index contributed by atoms with van der Waals surface area (Å²) in [5.41, 5.74) is 1.35. The summed E-state index contributed by atoms with van der Waals surface area (Å²) in [5, 5.41) is 18.1. The van der Waals surface area contributed by atoms with Gasteiger partial charge in [0.25, 0.3) is 0 Å². The Morgan fingerprint density at radius 2 is 1.42 bits per heavy atom. The molecule has 1 aliphatic heterocycles. The molecule has 1 aliphatic rings. The first kappa shape index (κ1) is 34.4. The molecule has 5 aromatic carbocycles. The van der Waals surface area contributed by atoms with E-state index in [9.17, 15) is 27.9 Å². The number of rotatable bonds is 8. The molecule has 7 rings (SSSR count). The van der Waals surface area contributed by atoms with Crippen molar-refractivity contribution in [3.8, 4) is 16.9 Å². The van der Waals surface area contributed by atoms with E-state index in [1.54, 1.807) is 18.2 Å². The third-order valence-corrected chi connectivity index (χ3v) is 9.72. The number of halogens is 3. The van der Waals surface area contributed by atoms with Gasteiger partial charge in [0.05, 0.1) is 24.1 Å². The molecule has 2 amide bonds. The minimum absolute atomic E-state index is 0.0217. The lowest BCUT2D eigenvalue weighted by molar-refractivity contribution is -0.137. The predicted molar refractivity (Wildman–Crippen MR) is 192 cm³/mol. The molecule has 8 nitrogen and oxygen atoms in total. The Labute approximate surface area is 298 Å². The third kappa shape index (κ3) is 6.23. The van der Waals surface area contributed by atoms with Gasteiger partial charge in [-0.05, 0) is 64.9 Å². The van der Waals surface area contributed by atoms with Crippen LogP contribution in [0.2, 0.25) is 0 Å². The molecule has 2 N–H and O–H groups in total. The van der Waals surface area contributed by atoms with E-state index < -0.39 is 35.2 Å². The lowest BCUT2D eigenvalue weighted by Gasteiger charge is -2.37. The van der Waals surface area contributed by atoms with Crippen molar-refractivity contribution in [1.29, 1.82) is 0 Å². The standard InChI is InChI=1S/C41H35F3N4O4/c1-52-32-20-21-33(35(25-32)41(42,43)44)27-19-22-36-34(24-27)37(45-38(49)28-12-11-23-47(26-28)39(50)51)46-48(36)40(29-13-5-2-6-14-29,30-15-7-3-8-16-30)31-17-9-4-10-18-31/h2-10,13-22,24-25,28H,11-12,23,26H2,1H3,(H,50,51)(H,45,46,49)/t28-/m1/s1. The van der Waals surface area contributed by atoms with Gasteiger partial charge in [0, 0.05) is 18.5 Å². The average Bonchev–Trinajstić information content (AvgIpc) is 3.53. The van der Waals surface area contributed by atoms with E-state index in [0.29, 0.717) is 30.3 Å². The van der Waals surface area contributed by atoms with Crippen molar-refractivity contribution >= 4 is 28.7 Å². The van der Waals surface area contributed by atoms with Crippen LogP contribution in [0, 0.1) is 5.92 Å². The van der Waals surface area contributed by atoms with Gasteiger partial charge in [-0.3, -0.25) is 4.79 Å². The van der Waals surface area contributed by atoms with Crippen molar-refractivity contribution in [2.45, 2.75) is 24.6 Å². The number of benzene rings is 5. The number of likely N-dealkylation sites (tertiary alicyclic amines) is 1. The van der Waals surface area contributed by atoms with E-state index in [4.69, 9.17) is 9.84 Å². The topological polar surface area (TPSA) is 96.7 Å². The highest BCUT2D eigenvalue weighted by atomic mass is 19.4. The Hall–Kier alpha value is -6.10. The van der Waals surface area contributed by atoms with Gasteiger partial charge < -0.3 is 20.1 Å². The van der Waals surface area contributed by atoms with Gasteiger partial charge >= 0.3 is 12.3 Å². The van der Waals surface area contributed by atoms with Gasteiger partial charge in [0.15, 0.2) is 5.82 Å². The highest BCUT2D eigenvalue weighted by Gasteiger charge is 2.42. The fraction of sp³-hybridized carbons (Fsp3) is 0.195. The fourth-order valence-corrected chi connectivity index (χ4v) is 7.26. The maximum atomic E-state index is 14.5. The molecule has 1 aromatic heterocycles. The largest absolute Gasteiger partial charge is 0.497 e. The van der Waals surface area contributed by atoms with Crippen LogP contribution in [0.15, 0.2) is 127 Å². The molecule has 0 spiro atoms. The van der Waals surface area contributed by atoms with Crippen LogP contribution in [0.25, 0.3) is 22.0 Å². The number of nitrogens with zero attached hydrogens (tertiary/aromatic N) is 3. The molecule has 2 heterocycles. The Morgan fingerprint density at radius 3 is 1.96 bits per heavy atom. The number of carbonyl (C=O) groups is 2. The lowest BCUT2D eigenvalue weighted by atomic mass is 9.77. The number of anilines is 1. The molecule has 0 unspecified atom stereocenters. The molecular weight excluding hydrogens is 669 g/mol. The summed E-state index contributed by atoms with van der Waals surface area (Å²) in [4.78, 5) is 26.9. The zero-order chi connectivity index (χ0) is 36.5. The van der Waals surface area contributed by atoms with Gasteiger partial charge in [-0.1, -0.05) is 103 Å². The highest BCUT2D eigenvalue weighted by molar-refractivity contribution is 6.02. The van der Waals surface area contributed by atoms with Crippen molar-refractivity contribution in [3.63, 3.8) is 0 Å². The number of amides is 2. The van der Waals surface area contributed by atoms with Crippen LogP contribution in [-0.4, -0.2) is 52.0 Å². The van der Waals surface area contributed by atoms with E-state index in [1.807, 2.05) is 95.7 Å². The molecule has 1 saturated heterocycles. The summed E-state index contributed by atoms with van der Waals surface area (Å²) in [5.74, 6) is -0.857. The second-order valence-electron chi connectivity index (χ2n) is 12.8. The summed E-state index contributed by atoms with van der Waals surface area (Å²) in [6.45, 7) is 0.352. The summed E-state index contributed by atoms with van der Waals surface area (Å²) < 4.78 is 50.3. The maximum Gasteiger partial charge on any atom is 0.417 e. The summed E-state index contributed by atoms with van der Waals surface area (Å²) in [7, 11) is 1.31. The summed E-state index contributed by atoms with van der Waals surface area (Å²) >= 11 is 0. The average molecular weight is 705 g/mol. The summed E-state index contributed by atoms with van der Waals surface area (Å²) in [6, 6.07) is 38.1. The van der Waals surface area contributed by atoms with Gasteiger partial charge in [0.1, 0.15) is 11.3 Å². The number of alkyl halides is 3. The molecule has 0 bridgehead atoms. The Morgan fingerprint density at radius 1 is 0.827 bits per heavy atom. The number of nitrogens with one attached hydrogen (secondary N) is 1. The minimum atomic E-state index is -4.68. The molecule has 1 atom stereocenters. The van der Waals surface area contributed by atoms with E-state index in [1.165, 1.54) is 24.1 Å². The van der Waals surface area contributed by atoms with Crippen LogP contribution in [0.3, 0.4) is 0 Å². The normalized spacial score (nSPS) is 15.0. The Bertz CT molecular complexity index is 2130. The van der Waals surface area contributed by atoms with Crippen LogP contribution >= 0.6 is 0 Å². The number of piperidine rings is 1. The summed E-state index contributed by atoms with van der Waals surface area (Å²) in [6.07, 6.45) is -4.79. The zero-order valence-electron chi connectivity index (χ0n) is 28.2. The fourth-order valence-electron chi connectivity index (χ4n) is 7.26. The van der Waals surface area contributed by atoms with E-state index in [0.717, 1.165) is 22.8 Å². The maximum absolute atomic E-state index is 14.5. The number of carbonyl (C=O) groups excluding carboxylic acids is 1. The van der Waals surface area contributed by atoms with Crippen LogP contribution in [0.1, 0.15) is 35.1 Å². The zero-order valence-corrected chi connectivity index (χ0v) is 28.2. The molecule has 0 aliphatic carbocycles. The van der Waals surface area contributed by atoms with Crippen molar-refractivity contribution in [3.05, 3.63) is 150 Å². The molecule has 1 fully saturated rings. The van der Waals surface area contributed by atoms with Crippen molar-refractivity contribution in [2.75, 3.05) is 25.5 Å². The van der Waals surface area contributed by atoms with Crippen molar-refractivity contribution < 1.29 is 32.6 Å². The quantitative estimate of drug-likeness (QED) is 0.154. The first-order valence-corrected chi connectivity index (χ1v) is 16.9. The van der Waals surface area contributed by atoms with Crippen molar-refractivity contribution in [1.82, 2.24) is 14.7 Å². The first-order chi connectivity index (χ1) is 25.1. The van der Waals surface area contributed by atoms with Gasteiger partial charge in [-0.15, -0.1) is 0 Å². The van der Waals surface area contributed by atoms with E-state index in [2.05, 4.69) is 5.32 Å². The predicted octanol–water partition coefficient (Wildman–Crippen LogP) is 8.90. The van der Waals surface area contributed by atoms with Crippen LogP contribution < -0.4 is 10.1 Å².